The molecule has 0 radical (unpaired) electrons. The number of nitrogens with zero attached hydrogens (tertiary/aromatic N) is 7. The van der Waals surface area contributed by atoms with Gasteiger partial charge in [0.05, 0.1) is 24.9 Å². The number of hydrogen-bond acceptors (Lipinski definition) is 11. The molecule has 0 aliphatic carbocycles. The number of aromatic nitrogens is 3. The molecule has 4 heterocycles. The Hall–Kier alpha value is -4.77. The molecular formula is C33H40F2N8O4. The van der Waals surface area contributed by atoms with Gasteiger partial charge in [0.15, 0.2) is 6.10 Å². The maximum absolute atomic E-state index is 15.1. The number of nitrogens with one attached hydrogen (secondary N) is 1. The number of carbonyl (C=O) groups excluding carboxylic acids is 1. The Bertz CT molecular complexity index is 1640. The van der Waals surface area contributed by atoms with E-state index < -0.39 is 30.3 Å². The first-order valence-corrected chi connectivity index (χ1v) is 15.4. The van der Waals surface area contributed by atoms with Gasteiger partial charge in [-0.25, -0.2) is 23.5 Å². The molecule has 2 aliphatic rings. The quantitative estimate of drug-likeness (QED) is 0.357. The van der Waals surface area contributed by atoms with E-state index >= 15 is 8.78 Å². The zero-order chi connectivity index (χ0) is 33.9. The molecule has 5 rings (SSSR count). The minimum Gasteiger partial charge on any atom is -0.483 e. The third kappa shape index (κ3) is 7.97. The van der Waals surface area contributed by atoms with Crippen LogP contribution in [0.15, 0.2) is 42.7 Å². The van der Waals surface area contributed by atoms with E-state index in [-0.39, 0.29) is 24.3 Å². The van der Waals surface area contributed by atoms with Crippen molar-refractivity contribution in [2.75, 3.05) is 57.1 Å². The van der Waals surface area contributed by atoms with Gasteiger partial charge in [-0.2, -0.15) is 10.2 Å². The number of likely N-dealkylation sites (N-methyl/N-ethyl adjacent to an activating group) is 1. The summed E-state index contributed by atoms with van der Waals surface area (Å²) in [6.45, 7) is 9.13. The van der Waals surface area contributed by atoms with Gasteiger partial charge in [-0.05, 0) is 65.1 Å². The molecule has 14 heteroatoms. The fourth-order valence-electron chi connectivity index (χ4n) is 5.66. The summed E-state index contributed by atoms with van der Waals surface area (Å²) < 4.78 is 46.8. The zero-order valence-corrected chi connectivity index (χ0v) is 27.5. The van der Waals surface area contributed by atoms with Crippen LogP contribution in [0.1, 0.15) is 39.7 Å². The van der Waals surface area contributed by atoms with Crippen molar-refractivity contribution in [1.82, 2.24) is 24.8 Å². The molecule has 2 fully saturated rings. The van der Waals surface area contributed by atoms with Gasteiger partial charge in [0.2, 0.25) is 5.88 Å². The van der Waals surface area contributed by atoms with Gasteiger partial charge >= 0.3 is 12.0 Å². The molecule has 1 N–H and O–H groups in total. The normalized spacial score (nSPS) is 19.9. The first-order valence-electron chi connectivity index (χ1n) is 15.4. The molecule has 2 aromatic heterocycles. The van der Waals surface area contributed by atoms with Crippen molar-refractivity contribution >= 4 is 23.4 Å². The molecule has 2 saturated heterocycles. The van der Waals surface area contributed by atoms with Crippen molar-refractivity contribution in [1.29, 1.82) is 5.26 Å². The van der Waals surface area contributed by atoms with Crippen LogP contribution >= 0.6 is 0 Å². The highest BCUT2D eigenvalue weighted by Crippen LogP contribution is 2.35. The Kier molecular flexibility index (Phi) is 9.67. The number of piperazine rings is 1. The van der Waals surface area contributed by atoms with Gasteiger partial charge in [-0.15, -0.1) is 0 Å². The lowest BCUT2D eigenvalue weighted by Crippen LogP contribution is -2.56. The summed E-state index contributed by atoms with van der Waals surface area (Å²) in [6, 6.07) is 12.5. The lowest BCUT2D eigenvalue weighted by Gasteiger charge is -2.40. The van der Waals surface area contributed by atoms with E-state index in [4.69, 9.17) is 14.2 Å². The number of likely N-dealkylation sites (tertiary alicyclic amines) is 1. The number of alkyl halides is 2. The molecule has 2 aliphatic heterocycles. The third-order valence-electron chi connectivity index (χ3n) is 7.95. The van der Waals surface area contributed by atoms with Crippen LogP contribution < -0.4 is 19.7 Å². The average Bonchev–Trinajstić information content (AvgIpc) is 3.01. The van der Waals surface area contributed by atoms with Crippen LogP contribution in [-0.2, 0) is 4.74 Å². The monoisotopic (exact) mass is 650 g/mol. The van der Waals surface area contributed by atoms with E-state index in [0.717, 1.165) is 30.2 Å². The number of methoxy groups -OCH3 is 1. The number of nitriles is 1. The molecular weight excluding hydrogens is 610 g/mol. The lowest BCUT2D eigenvalue weighted by atomic mass is 10.0. The summed E-state index contributed by atoms with van der Waals surface area (Å²) in [5.74, 6) is -1.86. The van der Waals surface area contributed by atoms with E-state index in [1.807, 2.05) is 18.2 Å². The Morgan fingerprint density at radius 3 is 2.57 bits per heavy atom. The smallest absolute Gasteiger partial charge is 0.410 e. The molecule has 1 amide bonds. The molecule has 3 aromatic rings. The topological polar surface area (TPSA) is 129 Å². The summed E-state index contributed by atoms with van der Waals surface area (Å²) in [5.41, 5.74) is 1.25. The molecule has 2 atom stereocenters. The van der Waals surface area contributed by atoms with Crippen molar-refractivity contribution in [2.24, 2.45) is 0 Å². The van der Waals surface area contributed by atoms with Crippen molar-refractivity contribution in [2.45, 2.75) is 57.8 Å². The lowest BCUT2D eigenvalue weighted by molar-refractivity contribution is -0.137. The SMILES string of the molecule is COc1nc(Nc2cc(-c3ccc(OC4CCN(C(=O)OC(C)(C)C)CC4(F)F)c(C#N)c3)ncn2)ccc1N1CCN(C)C[C@@H]1C. The van der Waals surface area contributed by atoms with Gasteiger partial charge in [0, 0.05) is 50.3 Å². The number of ether oxygens (including phenoxy) is 3. The summed E-state index contributed by atoms with van der Waals surface area (Å²) in [4.78, 5) is 31.2. The summed E-state index contributed by atoms with van der Waals surface area (Å²) in [6.07, 6.45) is -1.08. The van der Waals surface area contributed by atoms with Gasteiger partial charge in [0.25, 0.3) is 0 Å². The highest BCUT2D eigenvalue weighted by Gasteiger charge is 2.48. The Morgan fingerprint density at radius 2 is 1.89 bits per heavy atom. The second-order valence-corrected chi connectivity index (χ2v) is 12.8. The number of benzene rings is 1. The average molecular weight is 651 g/mol. The highest BCUT2D eigenvalue weighted by molar-refractivity contribution is 5.69. The van der Waals surface area contributed by atoms with Crippen LogP contribution in [0, 0.1) is 11.3 Å². The Balaban J connectivity index is 1.28. The third-order valence-corrected chi connectivity index (χ3v) is 7.95. The van der Waals surface area contributed by atoms with Crippen LogP contribution in [0.2, 0.25) is 0 Å². The second kappa shape index (κ2) is 13.5. The maximum Gasteiger partial charge on any atom is 0.410 e. The van der Waals surface area contributed by atoms with Crippen molar-refractivity contribution < 1.29 is 27.8 Å². The summed E-state index contributed by atoms with van der Waals surface area (Å²) >= 11 is 0. The molecule has 12 nitrogen and oxygen atoms in total. The second-order valence-electron chi connectivity index (χ2n) is 12.8. The Labute approximate surface area is 273 Å². The first-order chi connectivity index (χ1) is 22.3. The molecule has 250 valence electrons. The molecule has 0 spiro atoms. The number of anilines is 3. The fourth-order valence-corrected chi connectivity index (χ4v) is 5.66. The van der Waals surface area contributed by atoms with E-state index in [9.17, 15) is 10.1 Å². The number of carbonyl (C=O) groups is 1. The van der Waals surface area contributed by atoms with Gasteiger partial charge in [0.1, 0.15) is 41.1 Å². The zero-order valence-electron chi connectivity index (χ0n) is 27.5. The van der Waals surface area contributed by atoms with Crippen molar-refractivity contribution in [3.63, 3.8) is 0 Å². The van der Waals surface area contributed by atoms with E-state index in [1.165, 1.54) is 18.5 Å². The summed E-state index contributed by atoms with van der Waals surface area (Å²) in [7, 11) is 3.70. The van der Waals surface area contributed by atoms with E-state index in [1.54, 1.807) is 40.0 Å². The van der Waals surface area contributed by atoms with Gasteiger partial charge in [-0.3, -0.25) is 0 Å². The van der Waals surface area contributed by atoms with Gasteiger partial charge in [-0.1, -0.05) is 0 Å². The van der Waals surface area contributed by atoms with Crippen LogP contribution in [0.5, 0.6) is 11.6 Å². The number of piperidine rings is 1. The van der Waals surface area contributed by atoms with Crippen LogP contribution in [0.25, 0.3) is 11.3 Å². The minimum atomic E-state index is -3.36. The maximum atomic E-state index is 15.1. The Morgan fingerprint density at radius 1 is 1.11 bits per heavy atom. The largest absolute Gasteiger partial charge is 0.483 e. The number of hydrogen-bond donors (Lipinski definition) is 1. The predicted molar refractivity (Wildman–Crippen MR) is 172 cm³/mol. The van der Waals surface area contributed by atoms with Crippen molar-refractivity contribution in [3.05, 3.63) is 48.3 Å². The molecule has 47 heavy (non-hydrogen) atoms. The molecule has 1 aromatic carbocycles. The predicted octanol–water partition coefficient (Wildman–Crippen LogP) is 5.33. The first kappa shape index (κ1) is 33.6. The molecule has 0 bridgehead atoms. The number of rotatable bonds is 7. The fraction of sp³-hybridized carbons (Fsp3) is 0.485. The van der Waals surface area contributed by atoms with E-state index in [2.05, 4.69) is 44.0 Å². The standard InChI is InChI=1S/C33H40F2N8O4/c1-21-18-41(5)13-14-43(21)25-8-10-28(40-30(25)45-6)39-29-16-24(37-20-38-29)22-7-9-26(23(15-22)17-36)46-27-11-12-42(19-33(27,34)35)31(44)47-32(2,3)4/h7-10,15-16,20-21,27H,11-14,18-19H2,1-6H3,(H,37,38,39,40)/t21-,27?/m0/s1. The number of halogens is 2. The molecule has 1 unspecified atom stereocenters. The summed E-state index contributed by atoms with van der Waals surface area (Å²) in [5, 5.41) is 13.0. The van der Waals surface area contributed by atoms with Crippen LogP contribution in [-0.4, -0.2) is 101 Å². The van der Waals surface area contributed by atoms with Crippen LogP contribution in [0.3, 0.4) is 0 Å². The highest BCUT2D eigenvalue weighted by atomic mass is 19.3. The van der Waals surface area contributed by atoms with Gasteiger partial charge < -0.3 is 34.2 Å². The van der Waals surface area contributed by atoms with E-state index in [0.29, 0.717) is 34.8 Å². The number of pyridine rings is 1. The minimum absolute atomic E-state index is 0.0186. The number of amides is 1. The van der Waals surface area contributed by atoms with Crippen molar-refractivity contribution in [3.8, 4) is 29.0 Å². The molecule has 0 saturated carbocycles. The van der Waals surface area contributed by atoms with Crippen LogP contribution in [0.4, 0.5) is 30.9 Å².